The molecule has 9 nitrogen and oxygen atoms in total. The lowest BCUT2D eigenvalue weighted by molar-refractivity contribution is -0.140. The molecule has 47 heavy (non-hydrogen) atoms. The predicted octanol–water partition coefficient (Wildman–Crippen LogP) is 5.96. The van der Waals surface area contributed by atoms with Crippen LogP contribution in [0.5, 0.6) is 11.5 Å². The molecule has 2 amide bonds. The maximum atomic E-state index is 14.6. The molecule has 248 valence electrons. The van der Waals surface area contributed by atoms with E-state index in [1.54, 1.807) is 48.5 Å². The molecule has 0 saturated heterocycles. The van der Waals surface area contributed by atoms with E-state index in [0.717, 1.165) is 9.87 Å². The molecule has 0 aliphatic heterocycles. The number of carbonyl (C=O) groups is 2. The Morgan fingerprint density at radius 1 is 0.809 bits per heavy atom. The molecule has 0 unspecified atom stereocenters. The Balaban J connectivity index is 1.83. The van der Waals surface area contributed by atoms with Gasteiger partial charge in [-0.1, -0.05) is 86.1 Å². The summed E-state index contributed by atoms with van der Waals surface area (Å²) in [4.78, 5) is 29.9. The van der Waals surface area contributed by atoms with Gasteiger partial charge in [0.05, 0.1) is 24.8 Å². The minimum atomic E-state index is -4.27. The van der Waals surface area contributed by atoms with E-state index in [9.17, 15) is 18.0 Å². The van der Waals surface area contributed by atoms with E-state index in [-0.39, 0.29) is 41.1 Å². The van der Waals surface area contributed by atoms with Gasteiger partial charge >= 0.3 is 0 Å². The zero-order chi connectivity index (χ0) is 34.0. The predicted molar refractivity (Wildman–Crippen MR) is 184 cm³/mol. The molecule has 0 fully saturated rings. The molecule has 0 heterocycles. The van der Waals surface area contributed by atoms with E-state index in [1.165, 1.54) is 37.3 Å². The minimum absolute atomic E-state index is 0.000474. The number of rotatable bonds is 15. The van der Waals surface area contributed by atoms with Crippen LogP contribution in [0.4, 0.5) is 5.69 Å². The molecule has 0 radical (unpaired) electrons. The number of methoxy groups -OCH3 is 2. The van der Waals surface area contributed by atoms with Crippen LogP contribution in [0.1, 0.15) is 25.0 Å². The first-order valence-electron chi connectivity index (χ1n) is 15.2. The first-order chi connectivity index (χ1) is 22.5. The van der Waals surface area contributed by atoms with E-state index in [4.69, 9.17) is 21.1 Å². The largest absolute Gasteiger partial charge is 0.493 e. The molecule has 0 aliphatic rings. The summed E-state index contributed by atoms with van der Waals surface area (Å²) in [5, 5.41) is 3.45. The number of hydrogen-bond donors (Lipinski definition) is 1. The Kier molecular flexibility index (Phi) is 12.3. The van der Waals surface area contributed by atoms with Gasteiger partial charge in [0.2, 0.25) is 11.8 Å². The van der Waals surface area contributed by atoms with Crippen molar-refractivity contribution in [3.63, 3.8) is 0 Å². The second kappa shape index (κ2) is 16.3. The van der Waals surface area contributed by atoms with E-state index in [0.29, 0.717) is 22.9 Å². The fourth-order valence-corrected chi connectivity index (χ4v) is 6.68. The highest BCUT2D eigenvalue weighted by atomic mass is 35.5. The van der Waals surface area contributed by atoms with Crippen LogP contribution in [0.3, 0.4) is 0 Å². The number of amides is 2. The summed E-state index contributed by atoms with van der Waals surface area (Å²) in [7, 11) is -1.34. The van der Waals surface area contributed by atoms with Crippen molar-refractivity contribution >= 4 is 39.1 Å². The monoisotopic (exact) mass is 677 g/mol. The summed E-state index contributed by atoms with van der Waals surface area (Å²) in [6.07, 6.45) is 0.207. The number of ether oxygens (including phenoxy) is 2. The lowest BCUT2D eigenvalue weighted by atomic mass is 10.0. The van der Waals surface area contributed by atoms with Gasteiger partial charge in [0.15, 0.2) is 11.5 Å². The van der Waals surface area contributed by atoms with Gasteiger partial charge in [0.25, 0.3) is 10.0 Å². The molecule has 4 aromatic rings. The van der Waals surface area contributed by atoms with Gasteiger partial charge in [-0.25, -0.2) is 8.42 Å². The maximum Gasteiger partial charge on any atom is 0.264 e. The van der Waals surface area contributed by atoms with Crippen molar-refractivity contribution in [2.75, 3.05) is 31.6 Å². The number of nitrogens with one attached hydrogen (secondary N) is 1. The molecule has 4 rings (SSSR count). The van der Waals surface area contributed by atoms with Crippen molar-refractivity contribution in [3.8, 4) is 11.5 Å². The lowest BCUT2D eigenvalue weighted by Crippen LogP contribution is -2.53. The molecule has 0 aliphatic carbocycles. The van der Waals surface area contributed by atoms with Crippen LogP contribution in [0.25, 0.3) is 0 Å². The first kappa shape index (κ1) is 35.3. The van der Waals surface area contributed by atoms with Crippen molar-refractivity contribution in [2.24, 2.45) is 5.92 Å². The number of hydrogen-bond acceptors (Lipinski definition) is 6. The third kappa shape index (κ3) is 9.27. The highest BCUT2D eigenvalue weighted by Gasteiger charge is 2.35. The molecule has 1 atom stereocenters. The summed E-state index contributed by atoms with van der Waals surface area (Å²) >= 11 is 6.32. The molecule has 0 spiro atoms. The Morgan fingerprint density at radius 2 is 1.45 bits per heavy atom. The molecule has 4 aromatic carbocycles. The number of sulfonamides is 1. The molecular weight excluding hydrogens is 638 g/mol. The van der Waals surface area contributed by atoms with Crippen LogP contribution < -0.4 is 19.1 Å². The fraction of sp³-hybridized carbons (Fsp3) is 0.278. The summed E-state index contributed by atoms with van der Waals surface area (Å²) in [5.41, 5.74) is 1.71. The normalized spacial score (nSPS) is 11.9. The lowest BCUT2D eigenvalue weighted by Gasteiger charge is -2.34. The summed E-state index contributed by atoms with van der Waals surface area (Å²) in [5.74, 6) is -0.0742. The van der Waals surface area contributed by atoms with Gasteiger partial charge in [-0.15, -0.1) is 0 Å². The molecule has 1 N–H and O–H groups in total. The van der Waals surface area contributed by atoms with Crippen LogP contribution in [0.15, 0.2) is 108 Å². The van der Waals surface area contributed by atoms with E-state index < -0.39 is 28.5 Å². The van der Waals surface area contributed by atoms with Gasteiger partial charge in [-0.05, 0) is 53.4 Å². The Labute approximate surface area is 282 Å². The average Bonchev–Trinajstić information content (AvgIpc) is 3.08. The van der Waals surface area contributed by atoms with E-state index >= 15 is 0 Å². The van der Waals surface area contributed by atoms with Crippen molar-refractivity contribution in [2.45, 2.75) is 37.8 Å². The van der Waals surface area contributed by atoms with Crippen LogP contribution in [0, 0.1) is 5.92 Å². The van der Waals surface area contributed by atoms with Crippen LogP contribution in [-0.4, -0.2) is 58.5 Å². The van der Waals surface area contributed by atoms with Gasteiger partial charge in [-0.3, -0.25) is 13.9 Å². The number of halogens is 1. The van der Waals surface area contributed by atoms with Crippen molar-refractivity contribution < 1.29 is 27.5 Å². The quantitative estimate of drug-likeness (QED) is 0.166. The van der Waals surface area contributed by atoms with Gasteiger partial charge in [0, 0.05) is 30.6 Å². The van der Waals surface area contributed by atoms with Crippen molar-refractivity contribution in [1.82, 2.24) is 10.2 Å². The second-order valence-corrected chi connectivity index (χ2v) is 13.7. The maximum absolute atomic E-state index is 14.6. The fourth-order valence-electron chi connectivity index (χ4n) is 5.04. The molecule has 11 heteroatoms. The highest BCUT2D eigenvalue weighted by Crippen LogP contribution is 2.34. The number of benzene rings is 4. The van der Waals surface area contributed by atoms with E-state index in [2.05, 4.69) is 5.32 Å². The Bertz CT molecular complexity index is 1750. The van der Waals surface area contributed by atoms with Crippen molar-refractivity contribution in [1.29, 1.82) is 0 Å². The third-order valence-electron chi connectivity index (χ3n) is 7.46. The van der Waals surface area contributed by atoms with Crippen LogP contribution in [-0.2, 0) is 32.6 Å². The average molecular weight is 678 g/mol. The minimum Gasteiger partial charge on any atom is -0.493 e. The first-order valence-corrected chi connectivity index (χ1v) is 17.0. The molecule has 0 bridgehead atoms. The second-order valence-electron chi connectivity index (χ2n) is 11.4. The highest BCUT2D eigenvalue weighted by molar-refractivity contribution is 7.92. The summed E-state index contributed by atoms with van der Waals surface area (Å²) in [6, 6.07) is 27.9. The van der Waals surface area contributed by atoms with Crippen LogP contribution >= 0.6 is 11.6 Å². The molecule has 0 saturated carbocycles. The summed E-state index contributed by atoms with van der Waals surface area (Å²) in [6.45, 7) is 3.78. The van der Waals surface area contributed by atoms with Gasteiger partial charge < -0.3 is 19.7 Å². The zero-order valence-corrected chi connectivity index (χ0v) is 28.5. The zero-order valence-electron chi connectivity index (χ0n) is 26.9. The third-order valence-corrected chi connectivity index (χ3v) is 9.49. The molecular formula is C36H40ClN3O6S. The molecule has 0 aromatic heterocycles. The SMILES string of the molecule is COc1ccc(N(CC(=O)N(Cc2cccc(Cl)c2)[C@@H](Cc2ccccc2)C(=O)NCC(C)C)S(=O)(=O)c2ccccc2)cc1OC. The Morgan fingerprint density at radius 3 is 2.06 bits per heavy atom. The topological polar surface area (TPSA) is 105 Å². The summed E-state index contributed by atoms with van der Waals surface area (Å²) < 4.78 is 40.3. The number of nitrogens with zero attached hydrogens (tertiary/aromatic N) is 2. The van der Waals surface area contributed by atoms with Crippen molar-refractivity contribution in [3.05, 3.63) is 119 Å². The standard InChI is InChI=1S/C36H40ClN3O6S/c1-26(2)23-38-36(42)32(21-27-12-7-5-8-13-27)39(24-28-14-11-15-29(37)20-28)35(41)25-40(47(43,44)31-16-9-6-10-17-31)30-18-19-33(45-3)34(22-30)46-4/h5-20,22,26,32H,21,23-25H2,1-4H3,(H,38,42)/t32-/m0/s1. The number of anilines is 1. The van der Waals surface area contributed by atoms with E-state index in [1.807, 2.05) is 50.2 Å². The van der Waals surface area contributed by atoms with Gasteiger partial charge in [0.1, 0.15) is 12.6 Å². The van der Waals surface area contributed by atoms with Gasteiger partial charge in [-0.2, -0.15) is 0 Å². The Hall–Kier alpha value is -4.54. The smallest absolute Gasteiger partial charge is 0.264 e. The number of carbonyl (C=O) groups excluding carboxylic acids is 2. The van der Waals surface area contributed by atoms with Crippen LogP contribution in [0.2, 0.25) is 5.02 Å².